The lowest BCUT2D eigenvalue weighted by molar-refractivity contribution is -0.107. The molecule has 1 aromatic carbocycles. The van der Waals surface area contributed by atoms with E-state index in [-0.39, 0.29) is 0 Å². The molecule has 0 saturated carbocycles. The molecule has 0 bridgehead atoms. The van der Waals surface area contributed by atoms with Gasteiger partial charge in [-0.1, -0.05) is 17.7 Å². The molecule has 1 heterocycles. The molecule has 0 radical (unpaired) electrons. The molecular weight excluding hydrogens is 222 g/mol. The lowest BCUT2D eigenvalue weighted by atomic mass is 10.2. The Kier molecular flexibility index (Phi) is 3.01. The molecule has 0 N–H and O–H groups in total. The van der Waals surface area contributed by atoms with Crippen LogP contribution in [0.4, 0.5) is 0 Å². The number of fused-ring (bicyclic) bond motifs is 1. The normalized spacial score (nSPS) is 11.2. The minimum Gasteiger partial charge on any atom is -0.342 e. The van der Waals surface area contributed by atoms with Gasteiger partial charge in [-0.25, -0.2) is 0 Å². The summed E-state index contributed by atoms with van der Waals surface area (Å²) >= 11 is 6.15. The van der Waals surface area contributed by atoms with Gasteiger partial charge in [0.25, 0.3) is 0 Å². The number of aldehydes is 1. The van der Waals surface area contributed by atoms with Crippen molar-refractivity contribution in [2.75, 3.05) is 0 Å². The van der Waals surface area contributed by atoms with Crippen molar-refractivity contribution in [1.29, 1.82) is 0 Å². The van der Waals surface area contributed by atoms with Gasteiger partial charge >= 0.3 is 0 Å². The standard InChI is InChI=1S/C13H14ClNO/c1-9(2)15-10(6-7-16)8-11-12(14)4-3-5-13(11)15/h3-5,7-9H,6H2,1-2H3. The summed E-state index contributed by atoms with van der Waals surface area (Å²) in [5.74, 6) is 0. The number of nitrogens with zero attached hydrogens (tertiary/aromatic N) is 1. The number of rotatable bonds is 3. The predicted molar refractivity (Wildman–Crippen MR) is 67.1 cm³/mol. The van der Waals surface area contributed by atoms with E-state index in [1.165, 1.54) is 0 Å². The Morgan fingerprint density at radius 1 is 1.44 bits per heavy atom. The van der Waals surface area contributed by atoms with Gasteiger partial charge in [0.1, 0.15) is 6.29 Å². The quantitative estimate of drug-likeness (QED) is 0.745. The summed E-state index contributed by atoms with van der Waals surface area (Å²) in [6.45, 7) is 4.21. The van der Waals surface area contributed by atoms with Crippen LogP contribution < -0.4 is 0 Å². The summed E-state index contributed by atoms with van der Waals surface area (Å²) in [5.41, 5.74) is 2.12. The summed E-state index contributed by atoms with van der Waals surface area (Å²) in [4.78, 5) is 10.7. The maximum Gasteiger partial charge on any atom is 0.125 e. The fourth-order valence-corrected chi connectivity index (χ4v) is 2.35. The average molecular weight is 236 g/mol. The lowest BCUT2D eigenvalue weighted by Gasteiger charge is -2.13. The minimum absolute atomic E-state index is 0.325. The second-order valence-electron chi connectivity index (χ2n) is 4.14. The first-order valence-corrected chi connectivity index (χ1v) is 5.75. The molecule has 2 rings (SSSR count). The topological polar surface area (TPSA) is 22.0 Å². The molecule has 16 heavy (non-hydrogen) atoms. The molecule has 2 nitrogen and oxygen atoms in total. The summed E-state index contributed by atoms with van der Waals surface area (Å²) < 4.78 is 2.16. The van der Waals surface area contributed by atoms with Crippen LogP contribution in [0.15, 0.2) is 24.3 Å². The number of halogens is 1. The first-order valence-electron chi connectivity index (χ1n) is 5.37. The Balaban J connectivity index is 2.75. The van der Waals surface area contributed by atoms with Crippen molar-refractivity contribution < 1.29 is 4.79 Å². The van der Waals surface area contributed by atoms with Crippen LogP contribution in [0.3, 0.4) is 0 Å². The zero-order valence-electron chi connectivity index (χ0n) is 9.40. The Labute approximate surface area is 99.8 Å². The summed E-state index contributed by atoms with van der Waals surface area (Å²) in [5, 5.41) is 1.76. The number of hydrogen-bond acceptors (Lipinski definition) is 1. The highest BCUT2D eigenvalue weighted by Gasteiger charge is 2.12. The highest BCUT2D eigenvalue weighted by molar-refractivity contribution is 6.35. The minimum atomic E-state index is 0.325. The molecule has 1 aromatic heterocycles. The van der Waals surface area contributed by atoms with Crippen LogP contribution in [0.5, 0.6) is 0 Å². The molecule has 84 valence electrons. The van der Waals surface area contributed by atoms with Crippen molar-refractivity contribution in [3.8, 4) is 0 Å². The van der Waals surface area contributed by atoms with Gasteiger partial charge in [0, 0.05) is 34.1 Å². The van der Waals surface area contributed by atoms with E-state index < -0.39 is 0 Å². The van der Waals surface area contributed by atoms with Gasteiger partial charge in [0.15, 0.2) is 0 Å². The van der Waals surface area contributed by atoms with Crippen LogP contribution in [0.25, 0.3) is 10.9 Å². The van der Waals surface area contributed by atoms with Gasteiger partial charge < -0.3 is 9.36 Å². The molecule has 0 fully saturated rings. The van der Waals surface area contributed by atoms with E-state index in [2.05, 4.69) is 18.4 Å². The Morgan fingerprint density at radius 2 is 2.19 bits per heavy atom. The van der Waals surface area contributed by atoms with Crippen LogP contribution >= 0.6 is 11.6 Å². The van der Waals surface area contributed by atoms with E-state index in [0.29, 0.717) is 12.5 Å². The highest BCUT2D eigenvalue weighted by Crippen LogP contribution is 2.29. The van der Waals surface area contributed by atoms with Crippen molar-refractivity contribution in [1.82, 2.24) is 4.57 Å². The maximum atomic E-state index is 10.7. The third-order valence-electron chi connectivity index (χ3n) is 2.72. The number of hydrogen-bond donors (Lipinski definition) is 0. The third kappa shape index (κ3) is 1.74. The van der Waals surface area contributed by atoms with Crippen molar-refractivity contribution in [2.24, 2.45) is 0 Å². The van der Waals surface area contributed by atoms with E-state index in [1.54, 1.807) is 0 Å². The number of carbonyl (C=O) groups excluding carboxylic acids is 1. The second-order valence-corrected chi connectivity index (χ2v) is 4.55. The molecule has 0 unspecified atom stereocenters. The third-order valence-corrected chi connectivity index (χ3v) is 3.05. The zero-order valence-corrected chi connectivity index (χ0v) is 10.2. The predicted octanol–water partition coefficient (Wildman–Crippen LogP) is 3.62. The number of aromatic nitrogens is 1. The molecule has 0 spiro atoms. The molecule has 0 aliphatic heterocycles. The zero-order chi connectivity index (χ0) is 11.7. The summed E-state index contributed by atoms with van der Waals surface area (Å²) in [6, 6.07) is 8.18. The van der Waals surface area contributed by atoms with Gasteiger partial charge in [-0.15, -0.1) is 0 Å². The van der Waals surface area contributed by atoms with Crippen molar-refractivity contribution >= 4 is 28.8 Å². The van der Waals surface area contributed by atoms with Gasteiger partial charge in [0.2, 0.25) is 0 Å². The Bertz CT molecular complexity index is 528. The largest absolute Gasteiger partial charge is 0.342 e. The van der Waals surface area contributed by atoms with Gasteiger partial charge in [-0.05, 0) is 32.0 Å². The summed E-state index contributed by atoms with van der Waals surface area (Å²) in [7, 11) is 0. The Morgan fingerprint density at radius 3 is 2.81 bits per heavy atom. The van der Waals surface area contributed by atoms with Crippen LogP contribution in [-0.2, 0) is 11.2 Å². The molecule has 2 aromatic rings. The highest BCUT2D eigenvalue weighted by atomic mass is 35.5. The van der Waals surface area contributed by atoms with Crippen molar-refractivity contribution in [3.05, 3.63) is 35.0 Å². The monoisotopic (exact) mass is 235 g/mol. The smallest absolute Gasteiger partial charge is 0.125 e. The molecule has 0 aliphatic carbocycles. The second kappa shape index (κ2) is 4.30. The molecule has 0 saturated heterocycles. The first-order chi connectivity index (χ1) is 7.65. The molecular formula is C13H14ClNO. The van der Waals surface area contributed by atoms with Gasteiger partial charge in [-0.2, -0.15) is 0 Å². The fourth-order valence-electron chi connectivity index (χ4n) is 2.12. The molecule has 0 amide bonds. The molecule has 3 heteroatoms. The van der Waals surface area contributed by atoms with Crippen LogP contribution in [0, 0.1) is 0 Å². The van der Waals surface area contributed by atoms with Crippen LogP contribution in [-0.4, -0.2) is 10.9 Å². The van der Waals surface area contributed by atoms with Crippen LogP contribution in [0.1, 0.15) is 25.6 Å². The SMILES string of the molecule is CC(C)n1c(CC=O)cc2c(Cl)cccc21. The van der Waals surface area contributed by atoms with Crippen molar-refractivity contribution in [3.63, 3.8) is 0 Å². The first kappa shape index (κ1) is 11.2. The van der Waals surface area contributed by atoms with Gasteiger partial charge in [-0.3, -0.25) is 0 Å². The van der Waals surface area contributed by atoms with E-state index in [1.807, 2.05) is 24.3 Å². The Hall–Kier alpha value is -1.28. The fraction of sp³-hybridized carbons (Fsp3) is 0.308. The van der Waals surface area contributed by atoms with E-state index in [4.69, 9.17) is 11.6 Å². The van der Waals surface area contributed by atoms with E-state index in [9.17, 15) is 4.79 Å². The van der Waals surface area contributed by atoms with Crippen molar-refractivity contribution in [2.45, 2.75) is 26.3 Å². The number of benzene rings is 1. The maximum absolute atomic E-state index is 10.7. The van der Waals surface area contributed by atoms with Crippen LogP contribution in [0.2, 0.25) is 5.02 Å². The van der Waals surface area contributed by atoms with E-state index in [0.717, 1.165) is 27.9 Å². The number of carbonyl (C=O) groups is 1. The average Bonchev–Trinajstić information content (AvgIpc) is 2.58. The van der Waals surface area contributed by atoms with Gasteiger partial charge in [0.05, 0.1) is 0 Å². The van der Waals surface area contributed by atoms with E-state index >= 15 is 0 Å². The molecule has 0 atom stereocenters. The molecule has 0 aliphatic rings. The lowest BCUT2D eigenvalue weighted by Crippen LogP contribution is -2.05. The summed E-state index contributed by atoms with van der Waals surface area (Å²) in [6.07, 6.45) is 1.37.